The minimum absolute atomic E-state index is 0.00720. The molecular formula is C8H7ClN4O2S. The van der Waals surface area contributed by atoms with Gasteiger partial charge in [-0.05, 0) is 18.3 Å². The molecule has 1 rings (SSSR count). The van der Waals surface area contributed by atoms with Crippen molar-refractivity contribution in [3.8, 4) is 0 Å². The molecular weight excluding hydrogens is 252 g/mol. The van der Waals surface area contributed by atoms with Gasteiger partial charge in [-0.3, -0.25) is 15.5 Å². The SMILES string of the molecule is NC(=S)NN=Cc1cc(Cl)cc([N+](=O)[O-])c1. The first kappa shape index (κ1) is 12.3. The van der Waals surface area contributed by atoms with Crippen LogP contribution < -0.4 is 11.2 Å². The van der Waals surface area contributed by atoms with Crippen molar-refractivity contribution in [2.24, 2.45) is 10.8 Å². The summed E-state index contributed by atoms with van der Waals surface area (Å²) in [5, 5.41) is 14.5. The van der Waals surface area contributed by atoms with Crippen molar-refractivity contribution in [3.05, 3.63) is 38.9 Å². The molecule has 1 aromatic rings. The lowest BCUT2D eigenvalue weighted by Crippen LogP contribution is -2.23. The second-order valence-electron chi connectivity index (χ2n) is 2.73. The summed E-state index contributed by atoms with van der Waals surface area (Å²) in [5.41, 5.74) is 7.83. The number of hydrogen-bond donors (Lipinski definition) is 2. The Labute approximate surface area is 101 Å². The number of nitro benzene ring substituents is 1. The van der Waals surface area contributed by atoms with Gasteiger partial charge >= 0.3 is 0 Å². The third kappa shape index (κ3) is 3.79. The predicted molar refractivity (Wildman–Crippen MR) is 65.6 cm³/mol. The largest absolute Gasteiger partial charge is 0.375 e. The molecule has 0 heterocycles. The quantitative estimate of drug-likeness (QED) is 0.370. The fourth-order valence-electron chi connectivity index (χ4n) is 0.947. The van der Waals surface area contributed by atoms with Crippen LogP contribution in [0.3, 0.4) is 0 Å². The molecule has 0 aromatic heterocycles. The Morgan fingerprint density at radius 2 is 2.31 bits per heavy atom. The highest BCUT2D eigenvalue weighted by Gasteiger charge is 2.07. The van der Waals surface area contributed by atoms with Crippen LogP contribution >= 0.6 is 23.8 Å². The van der Waals surface area contributed by atoms with E-state index in [0.29, 0.717) is 5.56 Å². The summed E-state index contributed by atoms with van der Waals surface area (Å²) < 4.78 is 0. The number of thiocarbonyl (C=S) groups is 1. The van der Waals surface area contributed by atoms with Crippen molar-refractivity contribution in [3.63, 3.8) is 0 Å². The van der Waals surface area contributed by atoms with E-state index in [-0.39, 0.29) is 15.8 Å². The van der Waals surface area contributed by atoms with Gasteiger partial charge in [0, 0.05) is 22.7 Å². The van der Waals surface area contributed by atoms with Crippen LogP contribution in [0, 0.1) is 10.1 Å². The topological polar surface area (TPSA) is 93.5 Å². The minimum Gasteiger partial charge on any atom is -0.375 e. The van der Waals surface area contributed by atoms with E-state index in [1.807, 2.05) is 0 Å². The maximum Gasteiger partial charge on any atom is 0.271 e. The Kier molecular flexibility index (Phi) is 4.15. The zero-order chi connectivity index (χ0) is 12.1. The molecule has 0 saturated heterocycles. The number of rotatable bonds is 3. The summed E-state index contributed by atoms with van der Waals surface area (Å²) in [6, 6.07) is 4.11. The number of halogens is 1. The highest BCUT2D eigenvalue weighted by molar-refractivity contribution is 7.80. The molecule has 0 unspecified atom stereocenters. The first-order valence-electron chi connectivity index (χ1n) is 4.02. The van der Waals surface area contributed by atoms with Crippen LogP contribution in [0.15, 0.2) is 23.3 Å². The van der Waals surface area contributed by atoms with Crippen LogP contribution in [0.2, 0.25) is 5.02 Å². The van der Waals surface area contributed by atoms with Gasteiger partial charge in [0.1, 0.15) is 0 Å². The average molecular weight is 259 g/mol. The van der Waals surface area contributed by atoms with E-state index in [0.717, 1.165) is 0 Å². The van der Waals surface area contributed by atoms with Crippen LogP contribution in [0.4, 0.5) is 5.69 Å². The van der Waals surface area contributed by atoms with Gasteiger partial charge in [0.25, 0.3) is 5.69 Å². The van der Waals surface area contributed by atoms with Gasteiger partial charge < -0.3 is 5.73 Å². The fraction of sp³-hybridized carbons (Fsp3) is 0. The van der Waals surface area contributed by atoms with Crippen molar-refractivity contribution in [1.29, 1.82) is 0 Å². The standard InChI is InChI=1S/C8H7ClN4O2S/c9-6-1-5(4-11-12-8(10)16)2-7(3-6)13(14)15/h1-4H,(H3,10,12,16). The maximum atomic E-state index is 10.5. The summed E-state index contributed by atoms with van der Waals surface area (Å²) in [6.07, 6.45) is 1.33. The Hall–Kier alpha value is -1.73. The number of nitro groups is 1. The van der Waals surface area contributed by atoms with Crippen molar-refractivity contribution in [2.45, 2.75) is 0 Å². The van der Waals surface area contributed by atoms with E-state index in [4.69, 9.17) is 17.3 Å². The van der Waals surface area contributed by atoms with Gasteiger partial charge in [0.2, 0.25) is 0 Å². The lowest BCUT2D eigenvalue weighted by Gasteiger charge is -1.97. The lowest BCUT2D eigenvalue weighted by atomic mass is 10.2. The summed E-state index contributed by atoms with van der Waals surface area (Å²) in [6.45, 7) is 0. The first-order valence-corrected chi connectivity index (χ1v) is 4.81. The van der Waals surface area contributed by atoms with Crippen molar-refractivity contribution >= 4 is 40.8 Å². The number of hydrazone groups is 1. The van der Waals surface area contributed by atoms with Crippen molar-refractivity contribution < 1.29 is 4.92 Å². The molecule has 0 aliphatic heterocycles. The number of hydrogen-bond acceptors (Lipinski definition) is 4. The minimum atomic E-state index is -0.537. The smallest absolute Gasteiger partial charge is 0.271 e. The van der Waals surface area contributed by atoms with Crippen LogP contribution in [0.5, 0.6) is 0 Å². The molecule has 0 amide bonds. The molecule has 84 valence electrons. The molecule has 0 atom stereocenters. The van der Waals surface area contributed by atoms with E-state index in [2.05, 4.69) is 22.7 Å². The third-order valence-corrected chi connectivity index (χ3v) is 1.81. The van der Waals surface area contributed by atoms with E-state index in [9.17, 15) is 10.1 Å². The molecule has 0 spiro atoms. The summed E-state index contributed by atoms with van der Waals surface area (Å²) >= 11 is 10.2. The number of nitrogens with two attached hydrogens (primary N) is 1. The molecule has 0 saturated carbocycles. The van der Waals surface area contributed by atoms with E-state index < -0.39 is 4.92 Å². The number of nitrogens with zero attached hydrogens (tertiary/aromatic N) is 2. The van der Waals surface area contributed by atoms with Crippen LogP contribution in [-0.2, 0) is 0 Å². The molecule has 0 bridgehead atoms. The van der Waals surface area contributed by atoms with Crippen molar-refractivity contribution in [2.75, 3.05) is 0 Å². The molecule has 0 aliphatic carbocycles. The molecule has 16 heavy (non-hydrogen) atoms. The van der Waals surface area contributed by atoms with E-state index in [1.54, 1.807) is 0 Å². The van der Waals surface area contributed by atoms with E-state index in [1.165, 1.54) is 24.4 Å². The number of nitrogens with one attached hydrogen (secondary N) is 1. The Bertz CT molecular complexity index is 463. The Morgan fingerprint density at radius 1 is 1.62 bits per heavy atom. The molecule has 3 N–H and O–H groups in total. The zero-order valence-electron chi connectivity index (χ0n) is 7.88. The normalized spacial score (nSPS) is 10.3. The van der Waals surface area contributed by atoms with Crippen molar-refractivity contribution in [1.82, 2.24) is 5.43 Å². The van der Waals surface area contributed by atoms with Gasteiger partial charge in [0.05, 0.1) is 11.1 Å². The lowest BCUT2D eigenvalue weighted by molar-refractivity contribution is -0.384. The summed E-state index contributed by atoms with van der Waals surface area (Å²) in [7, 11) is 0. The van der Waals surface area contributed by atoms with Crippen LogP contribution in [0.25, 0.3) is 0 Å². The summed E-state index contributed by atoms with van der Waals surface area (Å²) in [5.74, 6) is 0. The fourth-order valence-corrected chi connectivity index (χ4v) is 1.24. The van der Waals surface area contributed by atoms with Gasteiger partial charge in [-0.15, -0.1) is 0 Å². The summed E-state index contributed by atoms with van der Waals surface area (Å²) in [4.78, 5) is 10.00. The average Bonchev–Trinajstić information content (AvgIpc) is 2.16. The second kappa shape index (κ2) is 5.38. The first-order chi connectivity index (χ1) is 7.49. The molecule has 6 nitrogen and oxygen atoms in total. The highest BCUT2D eigenvalue weighted by atomic mass is 35.5. The van der Waals surface area contributed by atoms with Gasteiger partial charge in [-0.1, -0.05) is 11.6 Å². The second-order valence-corrected chi connectivity index (χ2v) is 3.61. The number of non-ortho nitro benzene ring substituents is 1. The van der Waals surface area contributed by atoms with Gasteiger partial charge in [-0.2, -0.15) is 5.10 Å². The molecule has 0 fully saturated rings. The van der Waals surface area contributed by atoms with Crippen LogP contribution in [-0.4, -0.2) is 16.3 Å². The van der Waals surface area contributed by atoms with Gasteiger partial charge in [0.15, 0.2) is 5.11 Å². The maximum absolute atomic E-state index is 10.5. The monoisotopic (exact) mass is 258 g/mol. The zero-order valence-corrected chi connectivity index (χ0v) is 9.46. The Morgan fingerprint density at radius 3 is 2.88 bits per heavy atom. The highest BCUT2D eigenvalue weighted by Crippen LogP contribution is 2.19. The van der Waals surface area contributed by atoms with Gasteiger partial charge in [-0.25, -0.2) is 0 Å². The predicted octanol–water partition coefficient (Wildman–Crippen LogP) is 1.42. The van der Waals surface area contributed by atoms with Crippen LogP contribution in [0.1, 0.15) is 5.56 Å². The molecule has 1 aromatic carbocycles. The Balaban J connectivity index is 2.92. The number of benzene rings is 1. The van der Waals surface area contributed by atoms with E-state index >= 15 is 0 Å². The molecule has 0 aliphatic rings. The molecule has 8 heteroatoms. The molecule has 0 radical (unpaired) electrons. The third-order valence-electron chi connectivity index (χ3n) is 1.50.